The molecule has 2 N–H and O–H groups in total. The third-order valence-corrected chi connectivity index (χ3v) is 4.51. The Morgan fingerprint density at radius 1 is 1.28 bits per heavy atom. The fourth-order valence-electron chi connectivity index (χ4n) is 3.31. The summed E-state index contributed by atoms with van der Waals surface area (Å²) in [5.74, 6) is -0.575. The van der Waals surface area contributed by atoms with Crippen LogP contribution in [0, 0.1) is 5.82 Å². The minimum atomic E-state index is -1.04. The fraction of sp³-hybridized carbons (Fsp3) is 0.222. The maximum atomic E-state index is 14.0. The second-order valence-electron chi connectivity index (χ2n) is 6.11. The molecule has 1 aromatic heterocycles. The fourth-order valence-corrected chi connectivity index (χ4v) is 3.31. The molecule has 1 atom stereocenters. The van der Waals surface area contributed by atoms with E-state index in [1.54, 1.807) is 24.3 Å². The van der Waals surface area contributed by atoms with Gasteiger partial charge in [-0.3, -0.25) is 4.79 Å². The molecular weight excluding hydrogens is 327 g/mol. The van der Waals surface area contributed by atoms with Crippen LogP contribution in [0.3, 0.4) is 0 Å². The number of carboxylic acid groups (broad SMARTS) is 1. The molecule has 0 spiro atoms. The molecule has 2 aromatic carbocycles. The molecule has 25 heavy (non-hydrogen) atoms. The quantitative estimate of drug-likeness (QED) is 0.700. The largest absolute Gasteiger partial charge is 0.465 e. The third kappa shape index (κ3) is 2.67. The standard InChI is InChI=1S/C18H15FN2O4/c19-14-3-1-2-13-16(22)12-5-4-11(8-15(12)25-17(13)14)21-7-6-10(9-21)20-18(23)24/h1-5,8,10,20H,6-7,9H2,(H,23,24)/t10-/m1/s1. The van der Waals surface area contributed by atoms with Crippen LogP contribution < -0.4 is 15.6 Å². The van der Waals surface area contributed by atoms with Gasteiger partial charge in [0.1, 0.15) is 5.58 Å². The Balaban J connectivity index is 1.76. The molecule has 1 amide bonds. The number of para-hydroxylation sites is 1. The lowest BCUT2D eigenvalue weighted by Crippen LogP contribution is -2.36. The molecule has 0 aliphatic carbocycles. The van der Waals surface area contributed by atoms with Crippen molar-refractivity contribution in [2.45, 2.75) is 12.5 Å². The number of hydrogen-bond acceptors (Lipinski definition) is 4. The lowest BCUT2D eigenvalue weighted by atomic mass is 10.1. The van der Waals surface area contributed by atoms with Gasteiger partial charge in [0, 0.05) is 24.8 Å². The number of rotatable bonds is 2. The number of nitrogens with one attached hydrogen (secondary N) is 1. The van der Waals surface area contributed by atoms with Crippen LogP contribution in [-0.2, 0) is 0 Å². The monoisotopic (exact) mass is 342 g/mol. The van der Waals surface area contributed by atoms with E-state index in [1.165, 1.54) is 12.1 Å². The van der Waals surface area contributed by atoms with Crippen LogP contribution in [0.4, 0.5) is 14.9 Å². The summed E-state index contributed by atoms with van der Waals surface area (Å²) in [6.45, 7) is 1.21. The van der Waals surface area contributed by atoms with Gasteiger partial charge in [0.25, 0.3) is 0 Å². The van der Waals surface area contributed by atoms with Gasteiger partial charge < -0.3 is 19.7 Å². The van der Waals surface area contributed by atoms with E-state index in [1.807, 2.05) is 4.90 Å². The molecular formula is C18H15FN2O4. The van der Waals surface area contributed by atoms with E-state index < -0.39 is 11.9 Å². The Kier molecular flexibility index (Phi) is 3.56. The topological polar surface area (TPSA) is 82.8 Å². The molecule has 0 bridgehead atoms. The van der Waals surface area contributed by atoms with E-state index in [9.17, 15) is 14.0 Å². The number of amides is 1. The van der Waals surface area contributed by atoms with Crippen molar-refractivity contribution in [3.8, 4) is 0 Å². The van der Waals surface area contributed by atoms with Gasteiger partial charge in [0.15, 0.2) is 11.4 Å². The first kappa shape index (κ1) is 15.4. The third-order valence-electron chi connectivity index (χ3n) is 4.51. The summed E-state index contributed by atoms with van der Waals surface area (Å²) >= 11 is 0. The average molecular weight is 342 g/mol. The number of carbonyl (C=O) groups is 1. The van der Waals surface area contributed by atoms with Crippen molar-refractivity contribution in [2.24, 2.45) is 0 Å². The number of hydrogen-bond donors (Lipinski definition) is 2. The van der Waals surface area contributed by atoms with Crippen LogP contribution in [0.25, 0.3) is 21.9 Å². The molecule has 1 aliphatic rings. The zero-order valence-electron chi connectivity index (χ0n) is 13.2. The highest BCUT2D eigenvalue weighted by atomic mass is 19.1. The Hall–Kier alpha value is -3.09. The Morgan fingerprint density at radius 2 is 2.12 bits per heavy atom. The number of benzene rings is 2. The molecule has 0 unspecified atom stereocenters. The van der Waals surface area contributed by atoms with Crippen molar-refractivity contribution in [1.29, 1.82) is 0 Å². The lowest BCUT2D eigenvalue weighted by molar-refractivity contribution is 0.191. The van der Waals surface area contributed by atoms with Crippen molar-refractivity contribution in [1.82, 2.24) is 5.32 Å². The van der Waals surface area contributed by atoms with E-state index in [0.29, 0.717) is 30.5 Å². The Bertz CT molecular complexity index is 1050. The molecule has 7 heteroatoms. The maximum absolute atomic E-state index is 14.0. The van der Waals surface area contributed by atoms with Crippen LogP contribution in [0.15, 0.2) is 45.6 Å². The molecule has 2 heterocycles. The van der Waals surface area contributed by atoms with E-state index in [-0.39, 0.29) is 22.4 Å². The summed E-state index contributed by atoms with van der Waals surface area (Å²) in [6, 6.07) is 9.30. The average Bonchev–Trinajstić information content (AvgIpc) is 3.03. The van der Waals surface area contributed by atoms with Gasteiger partial charge in [-0.2, -0.15) is 0 Å². The molecule has 0 saturated carbocycles. The molecule has 0 radical (unpaired) electrons. The molecule has 1 saturated heterocycles. The number of nitrogens with zero attached hydrogens (tertiary/aromatic N) is 1. The highest BCUT2D eigenvalue weighted by molar-refractivity contribution is 5.91. The number of anilines is 1. The second-order valence-corrected chi connectivity index (χ2v) is 6.11. The number of halogens is 1. The van der Waals surface area contributed by atoms with Crippen LogP contribution in [0.2, 0.25) is 0 Å². The molecule has 1 fully saturated rings. The first-order valence-corrected chi connectivity index (χ1v) is 7.92. The van der Waals surface area contributed by atoms with Gasteiger partial charge in [-0.25, -0.2) is 9.18 Å². The summed E-state index contributed by atoms with van der Waals surface area (Å²) in [5.41, 5.74) is 0.800. The van der Waals surface area contributed by atoms with Crippen LogP contribution >= 0.6 is 0 Å². The van der Waals surface area contributed by atoms with Gasteiger partial charge in [0.05, 0.1) is 16.8 Å². The zero-order chi connectivity index (χ0) is 17.6. The first-order valence-electron chi connectivity index (χ1n) is 7.92. The van der Waals surface area contributed by atoms with E-state index in [0.717, 1.165) is 5.69 Å². The lowest BCUT2D eigenvalue weighted by Gasteiger charge is -2.19. The van der Waals surface area contributed by atoms with E-state index in [4.69, 9.17) is 9.52 Å². The summed E-state index contributed by atoms with van der Waals surface area (Å²) in [4.78, 5) is 25.3. The SMILES string of the molecule is O=C(O)N[C@@H]1CCN(c2ccc3c(=O)c4cccc(F)c4oc3c2)C1. The van der Waals surface area contributed by atoms with Gasteiger partial charge in [-0.05, 0) is 30.7 Å². The summed E-state index contributed by atoms with van der Waals surface area (Å²) in [6.07, 6.45) is -0.348. The van der Waals surface area contributed by atoms with Gasteiger partial charge in [-0.1, -0.05) is 6.07 Å². The van der Waals surface area contributed by atoms with Gasteiger partial charge in [-0.15, -0.1) is 0 Å². The maximum Gasteiger partial charge on any atom is 0.404 e. The molecule has 128 valence electrons. The second kappa shape index (κ2) is 5.77. The van der Waals surface area contributed by atoms with Crippen molar-refractivity contribution in [2.75, 3.05) is 18.0 Å². The first-order chi connectivity index (χ1) is 12.0. The predicted molar refractivity (Wildman–Crippen MR) is 91.7 cm³/mol. The van der Waals surface area contributed by atoms with Crippen molar-refractivity contribution in [3.05, 3.63) is 52.4 Å². The van der Waals surface area contributed by atoms with Crippen molar-refractivity contribution >= 4 is 33.7 Å². The number of fused-ring (bicyclic) bond motifs is 2. The minimum Gasteiger partial charge on any atom is -0.465 e. The summed E-state index contributed by atoms with van der Waals surface area (Å²) < 4.78 is 19.6. The predicted octanol–water partition coefficient (Wildman–Crippen LogP) is 2.93. The summed E-state index contributed by atoms with van der Waals surface area (Å²) in [5, 5.41) is 11.9. The highest BCUT2D eigenvalue weighted by Crippen LogP contribution is 2.27. The highest BCUT2D eigenvalue weighted by Gasteiger charge is 2.24. The van der Waals surface area contributed by atoms with Crippen LogP contribution in [0.1, 0.15) is 6.42 Å². The van der Waals surface area contributed by atoms with E-state index >= 15 is 0 Å². The smallest absolute Gasteiger partial charge is 0.404 e. The molecule has 6 nitrogen and oxygen atoms in total. The Labute approximate surface area is 141 Å². The minimum absolute atomic E-state index is 0.0519. The van der Waals surface area contributed by atoms with Crippen molar-refractivity contribution in [3.63, 3.8) is 0 Å². The molecule has 4 rings (SSSR count). The molecule has 3 aromatic rings. The molecule has 1 aliphatic heterocycles. The summed E-state index contributed by atoms with van der Waals surface area (Å²) in [7, 11) is 0. The normalized spacial score (nSPS) is 17.3. The van der Waals surface area contributed by atoms with Gasteiger partial charge >= 0.3 is 6.09 Å². The Morgan fingerprint density at radius 3 is 2.92 bits per heavy atom. The van der Waals surface area contributed by atoms with Crippen LogP contribution in [0.5, 0.6) is 0 Å². The van der Waals surface area contributed by atoms with Crippen LogP contribution in [-0.4, -0.2) is 30.3 Å². The van der Waals surface area contributed by atoms with E-state index in [2.05, 4.69) is 5.32 Å². The van der Waals surface area contributed by atoms with Gasteiger partial charge in [0.2, 0.25) is 5.43 Å². The van der Waals surface area contributed by atoms with Crippen molar-refractivity contribution < 1.29 is 18.7 Å². The zero-order valence-corrected chi connectivity index (χ0v) is 13.2.